The van der Waals surface area contributed by atoms with E-state index in [4.69, 9.17) is 5.73 Å². The fraction of sp³-hybridized carbons (Fsp3) is 0.350. The summed E-state index contributed by atoms with van der Waals surface area (Å²) in [7, 11) is 0. The van der Waals surface area contributed by atoms with Gasteiger partial charge in [0.15, 0.2) is 11.6 Å². The maximum Gasteiger partial charge on any atom is 0.263 e. The summed E-state index contributed by atoms with van der Waals surface area (Å²) in [6.07, 6.45) is -3.48. The molecule has 1 saturated heterocycles. The number of aromatic nitrogens is 2. The molecule has 4 rings (SSSR count). The zero-order chi connectivity index (χ0) is 20.7. The molecule has 0 amide bonds. The second kappa shape index (κ2) is 7.62. The van der Waals surface area contributed by atoms with Crippen molar-refractivity contribution in [1.29, 1.82) is 0 Å². The van der Waals surface area contributed by atoms with E-state index in [0.717, 1.165) is 12.1 Å². The minimum absolute atomic E-state index is 0.103. The van der Waals surface area contributed by atoms with E-state index in [2.05, 4.69) is 4.98 Å². The van der Waals surface area contributed by atoms with Gasteiger partial charge in [0.25, 0.3) is 6.43 Å². The zero-order valence-corrected chi connectivity index (χ0v) is 15.3. The van der Waals surface area contributed by atoms with Gasteiger partial charge in [0, 0.05) is 30.8 Å². The lowest BCUT2D eigenvalue weighted by Gasteiger charge is -2.34. The Morgan fingerprint density at radius 2 is 1.79 bits per heavy atom. The van der Waals surface area contributed by atoms with Gasteiger partial charge in [-0.25, -0.2) is 26.9 Å². The highest BCUT2D eigenvalue weighted by molar-refractivity contribution is 5.79. The smallest absolute Gasteiger partial charge is 0.263 e. The van der Waals surface area contributed by atoms with Gasteiger partial charge in [-0.15, -0.1) is 0 Å². The molecule has 3 aromatic rings. The maximum atomic E-state index is 13.9. The van der Waals surface area contributed by atoms with E-state index in [1.807, 2.05) is 0 Å². The number of alkyl halides is 3. The molecule has 0 spiro atoms. The molecule has 0 bridgehead atoms. The Morgan fingerprint density at radius 3 is 2.45 bits per heavy atom. The Bertz CT molecular complexity index is 1020. The molecule has 0 aliphatic carbocycles. The van der Waals surface area contributed by atoms with Crippen molar-refractivity contribution in [2.45, 2.75) is 31.6 Å². The van der Waals surface area contributed by atoms with Gasteiger partial charge >= 0.3 is 0 Å². The molecule has 4 nitrogen and oxygen atoms in total. The third-order valence-corrected chi connectivity index (χ3v) is 5.20. The number of fused-ring (bicyclic) bond motifs is 1. The molecule has 2 aromatic carbocycles. The van der Waals surface area contributed by atoms with E-state index in [-0.39, 0.29) is 30.6 Å². The van der Waals surface area contributed by atoms with Crippen LogP contribution in [0.15, 0.2) is 36.4 Å². The van der Waals surface area contributed by atoms with Crippen LogP contribution in [0.3, 0.4) is 0 Å². The van der Waals surface area contributed by atoms with E-state index >= 15 is 0 Å². The summed E-state index contributed by atoms with van der Waals surface area (Å²) in [5.74, 6) is -1.63. The minimum Gasteiger partial charge on any atom is -0.340 e. The number of benzene rings is 2. The van der Waals surface area contributed by atoms with Crippen LogP contribution < -0.4 is 10.6 Å². The Balaban J connectivity index is 1.76. The van der Waals surface area contributed by atoms with E-state index in [1.165, 1.54) is 12.1 Å². The summed E-state index contributed by atoms with van der Waals surface area (Å²) in [6, 6.07) is 7.11. The SMILES string of the molecule is NC1CN(c2nc3cc(F)c(F)cc3n2Cc2ccc(C(F)F)cc2)CCC1F. The van der Waals surface area contributed by atoms with E-state index in [9.17, 15) is 22.0 Å². The third kappa shape index (κ3) is 3.78. The number of piperidine rings is 1. The minimum atomic E-state index is -2.57. The monoisotopic (exact) mass is 410 g/mol. The quantitative estimate of drug-likeness (QED) is 0.657. The summed E-state index contributed by atoms with van der Waals surface area (Å²) in [4.78, 5) is 6.21. The Morgan fingerprint density at radius 1 is 1.10 bits per heavy atom. The fourth-order valence-electron chi connectivity index (χ4n) is 3.59. The highest BCUT2D eigenvalue weighted by Gasteiger charge is 2.29. The lowest BCUT2D eigenvalue weighted by atomic mass is 10.1. The van der Waals surface area contributed by atoms with Crippen molar-refractivity contribution >= 4 is 17.0 Å². The van der Waals surface area contributed by atoms with Gasteiger partial charge < -0.3 is 15.2 Å². The molecule has 1 aliphatic heterocycles. The van der Waals surface area contributed by atoms with Crippen LogP contribution in [-0.4, -0.2) is 34.9 Å². The molecule has 0 radical (unpaired) electrons. The maximum absolute atomic E-state index is 13.9. The molecule has 1 aliphatic rings. The van der Waals surface area contributed by atoms with Crippen molar-refractivity contribution in [3.8, 4) is 0 Å². The fourth-order valence-corrected chi connectivity index (χ4v) is 3.59. The lowest BCUT2D eigenvalue weighted by molar-refractivity contribution is 0.151. The predicted octanol–water partition coefficient (Wildman–Crippen LogP) is 4.18. The van der Waals surface area contributed by atoms with Crippen LogP contribution in [0.1, 0.15) is 24.0 Å². The number of anilines is 1. The molecule has 9 heteroatoms. The van der Waals surface area contributed by atoms with Gasteiger partial charge in [-0.1, -0.05) is 24.3 Å². The highest BCUT2D eigenvalue weighted by atomic mass is 19.3. The van der Waals surface area contributed by atoms with E-state index < -0.39 is 30.3 Å². The van der Waals surface area contributed by atoms with Gasteiger partial charge in [-0.2, -0.15) is 0 Å². The standard InChI is InChI=1S/C20H19F5N4/c21-13-5-6-28(10-16(13)26)20-27-17-7-14(22)15(23)8-18(17)29(20)9-11-1-3-12(4-2-11)19(24)25/h1-4,7-8,13,16,19H,5-6,9-10,26H2. The molecular weight excluding hydrogens is 391 g/mol. The van der Waals surface area contributed by atoms with Crippen molar-refractivity contribution in [3.63, 3.8) is 0 Å². The van der Waals surface area contributed by atoms with Gasteiger partial charge in [-0.3, -0.25) is 0 Å². The number of nitrogens with two attached hydrogens (primary N) is 1. The van der Waals surface area contributed by atoms with Crippen LogP contribution in [0.5, 0.6) is 0 Å². The average molecular weight is 410 g/mol. The first-order chi connectivity index (χ1) is 13.8. The molecule has 2 atom stereocenters. The summed E-state index contributed by atoms with van der Waals surface area (Å²) in [5, 5.41) is 0. The van der Waals surface area contributed by atoms with Crippen LogP contribution in [0.4, 0.5) is 27.9 Å². The topological polar surface area (TPSA) is 47.1 Å². The molecule has 29 heavy (non-hydrogen) atoms. The van der Waals surface area contributed by atoms with Gasteiger partial charge in [0.2, 0.25) is 5.95 Å². The first-order valence-corrected chi connectivity index (χ1v) is 9.20. The molecule has 154 valence electrons. The Labute approximate surface area is 163 Å². The summed E-state index contributed by atoms with van der Waals surface area (Å²) in [6.45, 7) is 0.762. The highest BCUT2D eigenvalue weighted by Crippen LogP contribution is 2.29. The summed E-state index contributed by atoms with van der Waals surface area (Å²) in [5.41, 5.74) is 7.04. The number of rotatable bonds is 4. The summed E-state index contributed by atoms with van der Waals surface area (Å²) < 4.78 is 68.7. The first kappa shape index (κ1) is 19.6. The first-order valence-electron chi connectivity index (χ1n) is 9.20. The molecule has 1 fully saturated rings. The lowest BCUT2D eigenvalue weighted by Crippen LogP contribution is -2.50. The van der Waals surface area contributed by atoms with Gasteiger partial charge in [0.1, 0.15) is 6.17 Å². The molecule has 2 unspecified atom stereocenters. The number of imidazole rings is 1. The number of nitrogens with zero attached hydrogens (tertiary/aromatic N) is 3. The van der Waals surface area contributed by atoms with Crippen LogP contribution in [0, 0.1) is 11.6 Å². The largest absolute Gasteiger partial charge is 0.340 e. The molecule has 0 saturated carbocycles. The number of halogens is 5. The second-order valence-electron chi connectivity index (χ2n) is 7.21. The van der Waals surface area contributed by atoms with Crippen LogP contribution >= 0.6 is 0 Å². The van der Waals surface area contributed by atoms with Gasteiger partial charge in [0.05, 0.1) is 23.6 Å². The van der Waals surface area contributed by atoms with Crippen LogP contribution in [-0.2, 0) is 6.54 Å². The van der Waals surface area contributed by atoms with Crippen molar-refractivity contribution in [1.82, 2.24) is 9.55 Å². The van der Waals surface area contributed by atoms with Crippen molar-refractivity contribution in [2.24, 2.45) is 5.73 Å². The summed E-state index contributed by atoms with van der Waals surface area (Å²) >= 11 is 0. The average Bonchev–Trinajstić information content (AvgIpc) is 3.02. The predicted molar refractivity (Wildman–Crippen MR) is 99.9 cm³/mol. The van der Waals surface area contributed by atoms with Crippen LogP contribution in [0.25, 0.3) is 11.0 Å². The number of hydrogen-bond acceptors (Lipinski definition) is 3. The Kier molecular flexibility index (Phi) is 5.16. The van der Waals surface area contributed by atoms with E-state index in [1.54, 1.807) is 21.6 Å². The Hall–Kier alpha value is -2.68. The van der Waals surface area contributed by atoms with Gasteiger partial charge in [-0.05, 0) is 12.0 Å². The normalized spacial score (nSPS) is 20.0. The zero-order valence-electron chi connectivity index (χ0n) is 15.3. The second-order valence-corrected chi connectivity index (χ2v) is 7.21. The molecule has 2 heterocycles. The van der Waals surface area contributed by atoms with Crippen molar-refractivity contribution in [3.05, 3.63) is 59.2 Å². The van der Waals surface area contributed by atoms with Crippen molar-refractivity contribution < 1.29 is 22.0 Å². The van der Waals surface area contributed by atoms with Crippen LogP contribution in [0.2, 0.25) is 0 Å². The molecule has 2 N–H and O–H groups in total. The molecular formula is C20H19F5N4. The number of hydrogen-bond donors (Lipinski definition) is 1. The molecule has 1 aromatic heterocycles. The van der Waals surface area contributed by atoms with E-state index in [0.29, 0.717) is 23.6 Å². The third-order valence-electron chi connectivity index (χ3n) is 5.20. The van der Waals surface area contributed by atoms with Crippen molar-refractivity contribution in [2.75, 3.05) is 18.0 Å².